The van der Waals surface area contributed by atoms with Gasteiger partial charge in [-0.3, -0.25) is 52.8 Å². The average molecular weight is 1320 g/mol. The summed E-state index contributed by atoms with van der Waals surface area (Å²) in [6.07, 6.45) is 1.04. The second-order valence-corrected chi connectivity index (χ2v) is 26.4. The Labute approximate surface area is 555 Å². The fourth-order valence-corrected chi connectivity index (χ4v) is 12.6. The molecule has 2 heterocycles. The van der Waals surface area contributed by atoms with Crippen molar-refractivity contribution in [3.05, 3.63) is 65.7 Å². The normalized spacial score (nSPS) is 17.5. The van der Waals surface area contributed by atoms with Crippen LogP contribution in [0.3, 0.4) is 0 Å². The van der Waals surface area contributed by atoms with Crippen molar-refractivity contribution in [2.45, 2.75) is 194 Å². The third kappa shape index (κ3) is 23.6. The number of likely N-dealkylation sites (tertiary alicyclic amines) is 2. The van der Waals surface area contributed by atoms with E-state index in [1.165, 1.54) is 19.1 Å². The number of carboxylic acid groups (broad SMARTS) is 1. The highest BCUT2D eigenvalue weighted by Gasteiger charge is 2.44. The molecule has 10 N–H and O–H groups in total. The highest BCUT2D eigenvalue weighted by molar-refractivity contribution is 5.99. The zero-order valence-electron chi connectivity index (χ0n) is 57.8. The van der Waals surface area contributed by atoms with Crippen LogP contribution in [0.15, 0.2) is 54.6 Å². The predicted octanol–water partition coefficient (Wildman–Crippen LogP) is 3.79. The smallest absolute Gasteiger partial charge is 0.312 e. The van der Waals surface area contributed by atoms with Crippen LogP contribution in [0.4, 0.5) is 10.5 Å². The minimum atomic E-state index is -1.14. The summed E-state index contributed by atoms with van der Waals surface area (Å²) in [5.41, 5.74) is 7.04. The Morgan fingerprint density at radius 3 is 1.84 bits per heavy atom. The van der Waals surface area contributed by atoms with Crippen molar-refractivity contribution in [3.63, 3.8) is 0 Å². The maximum Gasteiger partial charge on any atom is 0.312 e. The molecule has 0 aromatic heterocycles. The first-order valence-corrected chi connectivity index (χ1v) is 33.2. The summed E-state index contributed by atoms with van der Waals surface area (Å²) in [7, 11) is 8.38. The second-order valence-electron chi connectivity index (χ2n) is 26.4. The number of hydrogen-bond donors (Lipinski definition) is 9. The molecular weight excluding hydrogens is 1210 g/mol. The number of carbonyl (C=O) groups is 11. The van der Waals surface area contributed by atoms with Gasteiger partial charge in [-0.05, 0) is 99.6 Å². The van der Waals surface area contributed by atoms with E-state index in [2.05, 4.69) is 37.2 Å². The van der Waals surface area contributed by atoms with E-state index in [0.717, 1.165) is 5.56 Å². The molecule has 0 spiro atoms. The number of methoxy groups -OCH3 is 2. The Morgan fingerprint density at radius 1 is 0.660 bits per heavy atom. The summed E-state index contributed by atoms with van der Waals surface area (Å²) in [5, 5.41) is 29.0. The highest BCUT2D eigenvalue weighted by atomic mass is 16.5. The van der Waals surface area contributed by atoms with Crippen molar-refractivity contribution in [1.82, 2.24) is 51.5 Å². The first-order chi connectivity index (χ1) is 44.4. The van der Waals surface area contributed by atoms with Crippen molar-refractivity contribution in [2.24, 2.45) is 41.2 Å². The van der Waals surface area contributed by atoms with Gasteiger partial charge in [0, 0.05) is 78.9 Å². The number of likely N-dealkylation sites (N-methyl/N-ethyl adjacent to an activating group) is 2. The van der Waals surface area contributed by atoms with Gasteiger partial charge in [-0.15, -0.1) is 0 Å². The van der Waals surface area contributed by atoms with Gasteiger partial charge in [0.1, 0.15) is 24.2 Å². The lowest BCUT2D eigenvalue weighted by Gasteiger charge is -2.41. The van der Waals surface area contributed by atoms with Crippen LogP contribution >= 0.6 is 0 Å². The van der Waals surface area contributed by atoms with Gasteiger partial charge >= 0.3 is 12.0 Å². The lowest BCUT2D eigenvalue weighted by Crippen LogP contribution is -2.59. The Balaban J connectivity index is 1.43. The molecule has 524 valence electrons. The minimum Gasteiger partial charge on any atom is -0.481 e. The Hall–Kier alpha value is -7.71. The number of urea groups is 1. The maximum atomic E-state index is 14.6. The van der Waals surface area contributed by atoms with Gasteiger partial charge in [-0.25, -0.2) is 4.79 Å². The van der Waals surface area contributed by atoms with E-state index >= 15 is 0 Å². The number of primary amides is 1. The van der Waals surface area contributed by atoms with Crippen LogP contribution in [0, 0.1) is 35.5 Å². The van der Waals surface area contributed by atoms with Crippen molar-refractivity contribution in [2.75, 3.05) is 66.9 Å². The number of hydrogen-bond acceptors (Lipinski definition) is 14. The number of rotatable bonds is 37. The predicted molar refractivity (Wildman–Crippen MR) is 356 cm³/mol. The fourth-order valence-electron chi connectivity index (χ4n) is 12.6. The van der Waals surface area contributed by atoms with Crippen LogP contribution in [0.5, 0.6) is 0 Å². The van der Waals surface area contributed by atoms with E-state index in [1.807, 2.05) is 90.9 Å². The summed E-state index contributed by atoms with van der Waals surface area (Å²) in [6.45, 7) is 17.9. The zero-order valence-corrected chi connectivity index (χ0v) is 57.8. The molecule has 0 aliphatic carbocycles. The van der Waals surface area contributed by atoms with Gasteiger partial charge in [0.25, 0.3) is 0 Å². The third-order valence-corrected chi connectivity index (χ3v) is 18.2. The molecule has 11 atom stereocenters. The van der Waals surface area contributed by atoms with Crippen molar-refractivity contribution < 1.29 is 67.3 Å². The van der Waals surface area contributed by atoms with Crippen LogP contribution < -0.4 is 43.0 Å². The first-order valence-electron chi connectivity index (χ1n) is 33.2. The summed E-state index contributed by atoms with van der Waals surface area (Å²) >= 11 is 0. The van der Waals surface area contributed by atoms with E-state index in [-0.39, 0.29) is 106 Å². The maximum absolute atomic E-state index is 14.6. The number of nitrogens with one attached hydrogen (secondary N) is 7. The van der Waals surface area contributed by atoms with E-state index in [9.17, 15) is 57.8 Å². The number of nitrogens with zero attached hydrogens (tertiary/aromatic N) is 4. The van der Waals surface area contributed by atoms with Gasteiger partial charge < -0.3 is 72.2 Å². The lowest BCUT2D eigenvalue weighted by atomic mass is 9.89. The van der Waals surface area contributed by atoms with Crippen LogP contribution in [0.2, 0.25) is 0 Å². The molecule has 26 heteroatoms. The molecule has 2 fully saturated rings. The number of amides is 11. The Kier molecular flexibility index (Phi) is 32.3. The topological polar surface area (TPSA) is 350 Å². The quantitative estimate of drug-likeness (QED) is 0.0435. The van der Waals surface area contributed by atoms with E-state index in [4.69, 9.17) is 15.2 Å². The van der Waals surface area contributed by atoms with Crippen molar-refractivity contribution in [3.8, 4) is 0 Å². The van der Waals surface area contributed by atoms with Gasteiger partial charge in [-0.2, -0.15) is 0 Å². The van der Waals surface area contributed by atoms with E-state index in [1.54, 1.807) is 61.9 Å². The van der Waals surface area contributed by atoms with Gasteiger partial charge in [0.15, 0.2) is 0 Å². The fraction of sp³-hybridized carbons (Fsp3) is 0.662. The Bertz CT molecular complexity index is 2830. The number of nitrogens with two attached hydrogens (primary N) is 1. The van der Waals surface area contributed by atoms with Gasteiger partial charge in [-0.1, -0.05) is 111 Å². The largest absolute Gasteiger partial charge is 0.481 e. The third-order valence-electron chi connectivity index (χ3n) is 18.2. The van der Waals surface area contributed by atoms with Crippen LogP contribution in [0.25, 0.3) is 0 Å². The van der Waals surface area contributed by atoms with Crippen LogP contribution in [0.1, 0.15) is 138 Å². The van der Waals surface area contributed by atoms with Crippen molar-refractivity contribution >= 4 is 70.9 Å². The monoisotopic (exact) mass is 1320 g/mol. The first kappa shape index (κ1) is 78.7. The molecule has 2 aliphatic heterocycles. The number of ether oxygens (including phenoxy) is 2. The van der Waals surface area contributed by atoms with Gasteiger partial charge in [0.2, 0.25) is 53.2 Å². The van der Waals surface area contributed by atoms with Gasteiger partial charge in [0.05, 0.1) is 48.6 Å². The zero-order chi connectivity index (χ0) is 70.1. The number of anilines is 1. The molecule has 2 saturated heterocycles. The summed E-state index contributed by atoms with van der Waals surface area (Å²) in [6, 6.07) is 9.47. The summed E-state index contributed by atoms with van der Waals surface area (Å²) < 4.78 is 12.2. The number of piperidine rings is 1. The van der Waals surface area contributed by atoms with Crippen LogP contribution in [-0.2, 0) is 70.4 Å². The number of aliphatic carboxylic acids is 1. The Morgan fingerprint density at radius 2 is 1.29 bits per heavy atom. The molecule has 2 aromatic carbocycles. The molecule has 26 nitrogen and oxygen atoms in total. The van der Waals surface area contributed by atoms with Crippen LogP contribution in [-0.4, -0.2) is 206 Å². The molecule has 0 bridgehead atoms. The molecule has 11 amide bonds. The number of carboxylic acids is 1. The molecule has 0 radical (unpaired) electrons. The number of benzene rings is 2. The minimum absolute atomic E-state index is 0.00785. The molecule has 4 rings (SSSR count). The molecule has 2 aromatic rings. The molecule has 0 unspecified atom stereocenters. The molecule has 2 aliphatic rings. The number of carbonyl (C=O) groups excluding carboxylic acids is 10. The van der Waals surface area contributed by atoms with E-state index in [0.29, 0.717) is 49.9 Å². The summed E-state index contributed by atoms with van der Waals surface area (Å²) in [5.74, 6) is -6.86. The highest BCUT2D eigenvalue weighted by Crippen LogP contribution is 2.30. The molecular formula is C68H108N12O14. The average Bonchev–Trinajstić information content (AvgIpc) is 1.41. The lowest BCUT2D eigenvalue weighted by molar-refractivity contribution is -0.148. The summed E-state index contributed by atoms with van der Waals surface area (Å²) in [4.78, 5) is 155. The molecule has 0 saturated carbocycles. The SMILES string of the molecule is CC[C@H](C)[C@@H]([C@@H](CC(=O)N1CCC[C@H]1[C@H](OC)[C@@H](C)C(=O)N[C@@H](Cc1ccccc1)C(=O)NCc1ccc(NC(=O)[C@H](CCCNC(N)=O)NC(=O)[C@@H](NC(=O)CCC(=O)N2CCC(C(=O)O)CC2)C(C)C)cc1)OC)N(C)C(=O)[C@@H](NC(=O)[C@H](C(C)C)N(C)C)C(C)C. The standard InChI is InChI=1S/C68H108N12O14/c1-15-43(8)59(78(12)66(89)57(41(4)5)76-65(88)58(42(6)7)77(10)11)52(93-13)38-55(83)80-34-20-24-51(80)60(94-14)44(9)61(84)74-50(37-45-21-17-16-18-22-45)62(85)71-39-46-25-27-48(28-26-46)72-63(86)49(23-19-33-70-68(69)92)73-64(87)56(40(2)3)75-53(81)29-30-54(82)79-35-31-47(32-36-79)67(90)91/h16-18,21-22,25-28,40-44,47,49-52,56-60H,15,19-20,23-24,29-39H2,1-14H3,(H,71,85)(H,72,86)(H,73,87)(H,74,84)(H,75,81)(H,76,88)(H,90,91)(H3,69,70,92)/t43-,44+,49-,50-,51-,52+,56-,57-,58-,59-,60+/m0/s1. The second kappa shape index (κ2) is 38.6. The molecule has 94 heavy (non-hydrogen) atoms. The van der Waals surface area contributed by atoms with E-state index < -0.39 is 114 Å². The van der Waals surface area contributed by atoms with Crippen molar-refractivity contribution in [1.29, 1.82) is 0 Å².